The topological polar surface area (TPSA) is 50.1 Å². The van der Waals surface area contributed by atoms with Gasteiger partial charge in [0.15, 0.2) is 0 Å². The van der Waals surface area contributed by atoms with Gasteiger partial charge in [0.2, 0.25) is 0 Å². The average molecular weight is 380 g/mol. The Balaban J connectivity index is 1.41. The van der Waals surface area contributed by atoms with Crippen LogP contribution in [0.2, 0.25) is 10.0 Å². The van der Waals surface area contributed by atoms with Crippen LogP contribution >= 0.6 is 23.2 Å². The number of allylic oxidation sites excluding steroid dienone is 2. The van der Waals surface area contributed by atoms with Gasteiger partial charge in [-0.15, -0.1) is 0 Å². The summed E-state index contributed by atoms with van der Waals surface area (Å²) in [5.41, 5.74) is 8.70. The zero-order valence-electron chi connectivity index (χ0n) is 14.5. The van der Waals surface area contributed by atoms with Crippen LogP contribution in [0, 0.1) is 5.92 Å². The van der Waals surface area contributed by atoms with E-state index in [2.05, 4.69) is 28.9 Å². The van der Waals surface area contributed by atoms with Crippen LogP contribution in [0.5, 0.6) is 0 Å². The van der Waals surface area contributed by atoms with Crippen molar-refractivity contribution in [3.05, 3.63) is 57.6 Å². The molecule has 0 aromatic heterocycles. The van der Waals surface area contributed by atoms with Crippen molar-refractivity contribution in [3.8, 4) is 0 Å². The number of hydrogen-bond donors (Lipinski definition) is 3. The van der Waals surface area contributed by atoms with Gasteiger partial charge in [0, 0.05) is 12.6 Å². The third kappa shape index (κ3) is 4.87. The van der Waals surface area contributed by atoms with E-state index in [0.29, 0.717) is 34.5 Å². The van der Waals surface area contributed by atoms with E-state index in [-0.39, 0.29) is 0 Å². The molecular formula is C20H27Cl2N3. The summed E-state index contributed by atoms with van der Waals surface area (Å²) in [5.74, 6) is 0.980. The molecule has 1 aliphatic carbocycles. The van der Waals surface area contributed by atoms with E-state index in [1.54, 1.807) is 5.57 Å². The van der Waals surface area contributed by atoms with Gasteiger partial charge in [-0.1, -0.05) is 47.5 Å². The molecule has 2 aliphatic rings. The lowest BCUT2D eigenvalue weighted by atomic mass is 9.90. The van der Waals surface area contributed by atoms with Crippen molar-refractivity contribution >= 4 is 23.2 Å². The van der Waals surface area contributed by atoms with Crippen molar-refractivity contribution in [3.63, 3.8) is 0 Å². The van der Waals surface area contributed by atoms with Gasteiger partial charge in [0.05, 0.1) is 10.0 Å². The molecular weight excluding hydrogens is 353 g/mol. The predicted octanol–water partition coefficient (Wildman–Crippen LogP) is 3.88. The van der Waals surface area contributed by atoms with Crippen molar-refractivity contribution < 1.29 is 0 Å². The Kier molecular flexibility index (Phi) is 6.97. The monoisotopic (exact) mass is 379 g/mol. The van der Waals surface area contributed by atoms with E-state index in [4.69, 9.17) is 28.9 Å². The molecule has 1 aromatic rings. The number of rotatable bonds is 8. The molecule has 3 nitrogen and oxygen atoms in total. The molecule has 4 N–H and O–H groups in total. The highest BCUT2D eigenvalue weighted by Gasteiger charge is 2.29. The van der Waals surface area contributed by atoms with Crippen LogP contribution in [-0.4, -0.2) is 32.2 Å². The van der Waals surface area contributed by atoms with Gasteiger partial charge >= 0.3 is 0 Å². The molecule has 0 saturated carbocycles. The molecule has 0 radical (unpaired) electrons. The maximum absolute atomic E-state index is 6.12. The second-order valence-electron chi connectivity index (χ2n) is 6.92. The number of nitrogens with two attached hydrogens (primary N) is 1. The highest BCUT2D eigenvalue weighted by atomic mass is 35.5. The normalized spacial score (nSPS) is 23.4. The van der Waals surface area contributed by atoms with Crippen LogP contribution in [-0.2, 0) is 0 Å². The van der Waals surface area contributed by atoms with Gasteiger partial charge in [-0.2, -0.15) is 0 Å². The van der Waals surface area contributed by atoms with E-state index in [1.807, 2.05) is 18.2 Å². The summed E-state index contributed by atoms with van der Waals surface area (Å²) < 4.78 is 0. The Labute approximate surface area is 160 Å². The second kappa shape index (κ2) is 9.20. The molecule has 5 heteroatoms. The van der Waals surface area contributed by atoms with Gasteiger partial charge < -0.3 is 16.4 Å². The van der Waals surface area contributed by atoms with Crippen molar-refractivity contribution in [2.24, 2.45) is 11.7 Å². The molecule has 3 rings (SSSR count). The van der Waals surface area contributed by atoms with Crippen LogP contribution in [0.25, 0.3) is 0 Å². The molecule has 0 amide bonds. The summed E-state index contributed by atoms with van der Waals surface area (Å²) >= 11 is 12.1. The quantitative estimate of drug-likeness (QED) is 0.600. The lowest BCUT2D eigenvalue weighted by molar-refractivity contribution is 0.520. The van der Waals surface area contributed by atoms with Crippen LogP contribution in [0.3, 0.4) is 0 Å². The Bertz CT molecular complexity index is 642. The molecule has 0 spiro atoms. The first-order valence-electron chi connectivity index (χ1n) is 9.14. The van der Waals surface area contributed by atoms with Crippen molar-refractivity contribution in [1.82, 2.24) is 10.6 Å². The molecule has 25 heavy (non-hydrogen) atoms. The van der Waals surface area contributed by atoms with Gasteiger partial charge in [-0.3, -0.25) is 0 Å². The number of fused-ring (bicyclic) bond motifs is 1. The van der Waals surface area contributed by atoms with E-state index in [0.717, 1.165) is 32.5 Å². The summed E-state index contributed by atoms with van der Waals surface area (Å²) in [6.45, 7) is 3.73. The van der Waals surface area contributed by atoms with E-state index < -0.39 is 0 Å². The number of halogens is 2. The van der Waals surface area contributed by atoms with Crippen LogP contribution < -0.4 is 16.4 Å². The van der Waals surface area contributed by atoms with E-state index in [1.165, 1.54) is 12.0 Å². The van der Waals surface area contributed by atoms with Gasteiger partial charge in [0.25, 0.3) is 0 Å². The van der Waals surface area contributed by atoms with Crippen molar-refractivity contribution in [2.75, 3.05) is 26.2 Å². The number of benzene rings is 1. The zero-order valence-corrected chi connectivity index (χ0v) is 16.0. The van der Waals surface area contributed by atoms with Crippen LogP contribution in [0.15, 0.2) is 42.0 Å². The first kappa shape index (κ1) is 18.9. The lowest BCUT2D eigenvalue weighted by Crippen LogP contribution is -2.24. The first-order chi connectivity index (χ1) is 12.2. The molecule has 1 aromatic carbocycles. The molecule has 3 unspecified atom stereocenters. The largest absolute Gasteiger partial charge is 0.330 e. The smallest absolute Gasteiger partial charge is 0.0595 e. The summed E-state index contributed by atoms with van der Waals surface area (Å²) in [6, 6.07) is 6.39. The van der Waals surface area contributed by atoms with Gasteiger partial charge in [-0.05, 0) is 74.0 Å². The van der Waals surface area contributed by atoms with Crippen LogP contribution in [0.1, 0.15) is 30.7 Å². The highest BCUT2D eigenvalue weighted by molar-refractivity contribution is 6.42. The van der Waals surface area contributed by atoms with Crippen molar-refractivity contribution in [2.45, 2.75) is 31.2 Å². The summed E-state index contributed by atoms with van der Waals surface area (Å²) in [7, 11) is 0. The fourth-order valence-corrected chi connectivity index (χ4v) is 4.11. The lowest BCUT2D eigenvalue weighted by Gasteiger charge is -2.18. The minimum absolute atomic E-state index is 0.311. The molecule has 1 saturated heterocycles. The standard InChI is InChI=1S/C20H27Cl2N3/c21-18-6-5-14(11-19(18)22)15(12-23)7-9-24-10-8-16-13-25-20-4-2-1-3-17(16)20/h1-3,5-6,11,15-16,20,24-25H,4,7-10,12-13,23H2. The summed E-state index contributed by atoms with van der Waals surface area (Å²) in [4.78, 5) is 0. The molecule has 3 atom stereocenters. The maximum Gasteiger partial charge on any atom is 0.0595 e. The number of nitrogens with one attached hydrogen (secondary N) is 2. The first-order valence-corrected chi connectivity index (χ1v) is 9.90. The summed E-state index contributed by atoms with van der Waals surface area (Å²) in [6.07, 6.45) is 10.1. The minimum atomic E-state index is 0.311. The highest BCUT2D eigenvalue weighted by Crippen LogP contribution is 2.29. The van der Waals surface area contributed by atoms with Crippen LogP contribution in [0.4, 0.5) is 0 Å². The zero-order chi connectivity index (χ0) is 17.6. The van der Waals surface area contributed by atoms with Crippen molar-refractivity contribution in [1.29, 1.82) is 0 Å². The van der Waals surface area contributed by atoms with E-state index in [9.17, 15) is 0 Å². The maximum atomic E-state index is 6.12. The minimum Gasteiger partial charge on any atom is -0.330 e. The molecule has 1 aliphatic heterocycles. The number of hydrogen-bond acceptors (Lipinski definition) is 3. The Morgan fingerprint density at radius 1 is 1.24 bits per heavy atom. The predicted molar refractivity (Wildman–Crippen MR) is 107 cm³/mol. The molecule has 1 fully saturated rings. The average Bonchev–Trinajstić information content (AvgIpc) is 3.04. The molecule has 136 valence electrons. The molecule has 1 heterocycles. The SMILES string of the molecule is NCC(CCNCCC1CNC2CC=CC=C12)c1ccc(Cl)c(Cl)c1. The van der Waals surface area contributed by atoms with E-state index >= 15 is 0 Å². The Morgan fingerprint density at radius 3 is 2.92 bits per heavy atom. The third-order valence-corrected chi connectivity index (χ3v) is 6.06. The van der Waals surface area contributed by atoms with Gasteiger partial charge in [0.1, 0.15) is 0 Å². The fourth-order valence-electron chi connectivity index (χ4n) is 3.80. The molecule has 0 bridgehead atoms. The fraction of sp³-hybridized carbons (Fsp3) is 0.500. The Morgan fingerprint density at radius 2 is 2.12 bits per heavy atom. The Hall–Kier alpha value is -0.840. The summed E-state index contributed by atoms with van der Waals surface area (Å²) in [5, 5.41) is 8.39. The third-order valence-electron chi connectivity index (χ3n) is 5.32. The van der Waals surface area contributed by atoms with Gasteiger partial charge in [-0.25, -0.2) is 0 Å². The second-order valence-corrected chi connectivity index (χ2v) is 7.74.